The third-order valence-electron chi connectivity index (χ3n) is 5.27. The van der Waals surface area contributed by atoms with Crippen LogP contribution in [0.15, 0.2) is 24.3 Å². The van der Waals surface area contributed by atoms with Crippen LogP contribution < -0.4 is 5.73 Å². The van der Waals surface area contributed by atoms with Crippen molar-refractivity contribution in [1.29, 1.82) is 0 Å². The van der Waals surface area contributed by atoms with E-state index in [4.69, 9.17) is 5.73 Å². The molecule has 0 radical (unpaired) electrons. The van der Waals surface area contributed by atoms with Gasteiger partial charge in [-0.15, -0.1) is 0 Å². The van der Waals surface area contributed by atoms with Gasteiger partial charge in [0.2, 0.25) is 0 Å². The fourth-order valence-electron chi connectivity index (χ4n) is 4.33. The molecule has 0 atom stereocenters. The van der Waals surface area contributed by atoms with Gasteiger partial charge < -0.3 is 5.73 Å². The molecule has 0 bridgehead atoms. The zero-order valence-electron chi connectivity index (χ0n) is 14.6. The molecule has 1 fully saturated rings. The molecule has 1 saturated carbocycles. The minimum atomic E-state index is -0.0826. The van der Waals surface area contributed by atoms with Crippen molar-refractivity contribution < 1.29 is 0 Å². The van der Waals surface area contributed by atoms with E-state index in [0.717, 1.165) is 12.8 Å². The van der Waals surface area contributed by atoms with E-state index in [1.807, 2.05) is 0 Å². The second-order valence-corrected chi connectivity index (χ2v) is 8.34. The first-order valence-corrected chi connectivity index (χ1v) is 8.65. The topological polar surface area (TPSA) is 26.0 Å². The molecule has 0 spiro atoms. The lowest BCUT2D eigenvalue weighted by atomic mass is 9.52. The van der Waals surface area contributed by atoms with E-state index in [9.17, 15) is 0 Å². The van der Waals surface area contributed by atoms with E-state index in [-0.39, 0.29) is 11.0 Å². The molecule has 2 N–H and O–H groups in total. The molecule has 1 aliphatic carbocycles. The van der Waals surface area contributed by atoms with Gasteiger partial charge in [0.25, 0.3) is 0 Å². The average Bonchev–Trinajstić information content (AvgIpc) is 2.37. The largest absolute Gasteiger partial charge is 0.321 e. The van der Waals surface area contributed by atoms with Crippen LogP contribution in [0.3, 0.4) is 0 Å². The zero-order chi connectivity index (χ0) is 15.7. The van der Waals surface area contributed by atoms with Crippen LogP contribution >= 0.6 is 0 Å². The molecule has 0 aromatic heterocycles. The summed E-state index contributed by atoms with van der Waals surface area (Å²) in [5.74, 6) is 0. The molecule has 0 amide bonds. The van der Waals surface area contributed by atoms with Crippen LogP contribution in [0, 0.1) is 5.41 Å². The second-order valence-electron chi connectivity index (χ2n) is 8.34. The Hall–Kier alpha value is -0.820. The summed E-state index contributed by atoms with van der Waals surface area (Å²) >= 11 is 0. The van der Waals surface area contributed by atoms with E-state index in [2.05, 4.69) is 58.9 Å². The third kappa shape index (κ3) is 3.34. The van der Waals surface area contributed by atoms with E-state index >= 15 is 0 Å². The van der Waals surface area contributed by atoms with Crippen molar-refractivity contribution in [3.63, 3.8) is 0 Å². The Bertz CT molecular complexity index is 450. The molecule has 1 aromatic rings. The van der Waals surface area contributed by atoms with Crippen LogP contribution in [0.25, 0.3) is 0 Å². The molecule has 21 heavy (non-hydrogen) atoms. The van der Waals surface area contributed by atoms with E-state index in [0.29, 0.717) is 5.41 Å². The molecule has 0 heterocycles. The maximum Gasteiger partial charge on any atom is 0.0420 e. The summed E-state index contributed by atoms with van der Waals surface area (Å²) in [6, 6.07) is 9.07. The van der Waals surface area contributed by atoms with Crippen molar-refractivity contribution in [2.24, 2.45) is 11.1 Å². The highest BCUT2D eigenvalue weighted by atomic mass is 14.8. The summed E-state index contributed by atoms with van der Waals surface area (Å²) in [5.41, 5.74) is 10.1. The number of hydrogen-bond donors (Lipinski definition) is 1. The first-order chi connectivity index (χ1) is 9.75. The molecule has 0 unspecified atom stereocenters. The lowest BCUT2D eigenvalue weighted by Crippen LogP contribution is -2.55. The van der Waals surface area contributed by atoms with Gasteiger partial charge in [-0.05, 0) is 47.6 Å². The first-order valence-electron chi connectivity index (χ1n) is 8.65. The van der Waals surface area contributed by atoms with Crippen molar-refractivity contribution in [3.8, 4) is 0 Å². The maximum absolute atomic E-state index is 6.72. The van der Waals surface area contributed by atoms with Crippen LogP contribution in [0.2, 0.25) is 0 Å². The highest BCUT2D eigenvalue weighted by molar-refractivity contribution is 5.34. The van der Waals surface area contributed by atoms with Crippen LogP contribution in [-0.2, 0) is 11.0 Å². The predicted molar refractivity (Wildman–Crippen MR) is 92.5 cm³/mol. The van der Waals surface area contributed by atoms with Gasteiger partial charge in [-0.2, -0.15) is 0 Å². The molecule has 1 aromatic carbocycles. The van der Waals surface area contributed by atoms with E-state index in [1.165, 1.54) is 36.8 Å². The van der Waals surface area contributed by atoms with E-state index < -0.39 is 0 Å². The molecule has 1 nitrogen and oxygen atoms in total. The number of benzene rings is 1. The molecule has 0 saturated heterocycles. The maximum atomic E-state index is 6.72. The van der Waals surface area contributed by atoms with Gasteiger partial charge in [-0.3, -0.25) is 0 Å². The van der Waals surface area contributed by atoms with Crippen molar-refractivity contribution in [2.75, 3.05) is 0 Å². The number of nitrogens with two attached hydrogens (primary N) is 1. The Morgan fingerprint density at radius 3 is 1.81 bits per heavy atom. The SMILES string of the molecule is CCCC1(CCC)CC(N)(c2ccc(C(C)(C)C)cc2)C1. The predicted octanol–water partition coefficient (Wildman–Crippen LogP) is 5.52. The number of rotatable bonds is 5. The van der Waals surface area contributed by atoms with Crippen LogP contribution in [0.5, 0.6) is 0 Å². The zero-order valence-corrected chi connectivity index (χ0v) is 14.6. The molecule has 0 aliphatic heterocycles. The quantitative estimate of drug-likeness (QED) is 0.758. The van der Waals surface area contributed by atoms with E-state index in [1.54, 1.807) is 0 Å². The van der Waals surface area contributed by atoms with Crippen molar-refractivity contribution in [1.82, 2.24) is 0 Å². The van der Waals surface area contributed by atoms with Gasteiger partial charge in [-0.25, -0.2) is 0 Å². The monoisotopic (exact) mass is 287 g/mol. The van der Waals surface area contributed by atoms with Crippen molar-refractivity contribution in [3.05, 3.63) is 35.4 Å². The smallest absolute Gasteiger partial charge is 0.0420 e. The Kier molecular flexibility index (Phi) is 4.54. The lowest BCUT2D eigenvalue weighted by molar-refractivity contribution is 0.00621. The lowest BCUT2D eigenvalue weighted by Gasteiger charge is -2.55. The third-order valence-corrected chi connectivity index (χ3v) is 5.27. The van der Waals surface area contributed by atoms with Gasteiger partial charge >= 0.3 is 0 Å². The average molecular weight is 287 g/mol. The van der Waals surface area contributed by atoms with Crippen LogP contribution in [-0.4, -0.2) is 0 Å². The normalized spacial score (nSPS) is 20.1. The van der Waals surface area contributed by atoms with Crippen molar-refractivity contribution in [2.45, 2.75) is 84.1 Å². The molecule has 118 valence electrons. The molecular formula is C20H33N. The van der Waals surface area contributed by atoms with Crippen LogP contribution in [0.4, 0.5) is 0 Å². The summed E-state index contributed by atoms with van der Waals surface area (Å²) in [6.07, 6.45) is 7.55. The Labute approximate surface area is 131 Å². The first kappa shape index (κ1) is 16.5. The highest BCUT2D eigenvalue weighted by Crippen LogP contribution is 2.57. The minimum absolute atomic E-state index is 0.0826. The summed E-state index contributed by atoms with van der Waals surface area (Å²) in [6.45, 7) is 11.4. The van der Waals surface area contributed by atoms with Gasteiger partial charge in [0.05, 0.1) is 0 Å². The fourth-order valence-corrected chi connectivity index (χ4v) is 4.33. The molecular weight excluding hydrogens is 254 g/mol. The van der Waals surface area contributed by atoms with Crippen LogP contribution in [0.1, 0.15) is 84.3 Å². The number of hydrogen-bond acceptors (Lipinski definition) is 1. The Morgan fingerprint density at radius 2 is 1.43 bits per heavy atom. The molecule has 1 heteroatoms. The summed E-state index contributed by atoms with van der Waals surface area (Å²) in [7, 11) is 0. The standard InChI is InChI=1S/C20H33N/c1-6-12-19(13-7-2)14-20(21,15-19)17-10-8-16(9-11-17)18(3,4)5/h8-11H,6-7,12-15,21H2,1-5H3. The summed E-state index contributed by atoms with van der Waals surface area (Å²) in [4.78, 5) is 0. The van der Waals surface area contributed by atoms with Gasteiger partial charge in [0.15, 0.2) is 0 Å². The van der Waals surface area contributed by atoms with Crippen molar-refractivity contribution >= 4 is 0 Å². The molecule has 2 rings (SSSR count). The fraction of sp³-hybridized carbons (Fsp3) is 0.700. The summed E-state index contributed by atoms with van der Waals surface area (Å²) in [5, 5.41) is 0. The summed E-state index contributed by atoms with van der Waals surface area (Å²) < 4.78 is 0. The Balaban J connectivity index is 2.13. The molecule has 1 aliphatic rings. The van der Waals surface area contributed by atoms with Gasteiger partial charge in [0.1, 0.15) is 0 Å². The Morgan fingerprint density at radius 1 is 0.952 bits per heavy atom. The van der Waals surface area contributed by atoms with Gasteiger partial charge in [-0.1, -0.05) is 71.7 Å². The van der Waals surface area contributed by atoms with Gasteiger partial charge in [0, 0.05) is 5.54 Å². The second kappa shape index (κ2) is 5.76. The minimum Gasteiger partial charge on any atom is -0.321 e. The highest BCUT2D eigenvalue weighted by Gasteiger charge is 2.51.